The normalized spacial score (nSPS) is 23.3. The van der Waals surface area contributed by atoms with E-state index in [1.165, 1.54) is 19.3 Å². The number of amides is 1. The summed E-state index contributed by atoms with van der Waals surface area (Å²) in [4.78, 5) is 16.8. The zero-order chi connectivity index (χ0) is 12.8. The van der Waals surface area contributed by atoms with Crippen LogP contribution in [0.4, 0.5) is 0 Å². The molecule has 0 radical (unpaired) electrons. The monoisotopic (exact) mass is 254 g/mol. The van der Waals surface area contributed by atoms with Crippen molar-refractivity contribution in [2.45, 2.75) is 32.1 Å². The smallest absolute Gasteiger partial charge is 0.225 e. The molecular weight excluding hydrogens is 228 g/mol. The van der Waals surface area contributed by atoms with Crippen LogP contribution in [0, 0.1) is 5.92 Å². The van der Waals surface area contributed by atoms with Gasteiger partial charge in [-0.1, -0.05) is 19.3 Å². The van der Waals surface area contributed by atoms with E-state index in [0.717, 1.165) is 52.2 Å². The third-order valence-electron chi connectivity index (χ3n) is 4.25. The van der Waals surface area contributed by atoms with E-state index in [-0.39, 0.29) is 0 Å². The third-order valence-corrected chi connectivity index (χ3v) is 4.25. The van der Waals surface area contributed by atoms with E-state index in [1.54, 1.807) is 7.11 Å². The molecule has 104 valence electrons. The molecule has 18 heavy (non-hydrogen) atoms. The summed E-state index contributed by atoms with van der Waals surface area (Å²) in [7, 11) is 1.74. The van der Waals surface area contributed by atoms with Gasteiger partial charge in [-0.15, -0.1) is 0 Å². The average Bonchev–Trinajstić information content (AvgIpc) is 2.46. The van der Waals surface area contributed by atoms with Gasteiger partial charge in [0.05, 0.1) is 6.61 Å². The van der Waals surface area contributed by atoms with Crippen molar-refractivity contribution in [1.82, 2.24) is 9.80 Å². The lowest BCUT2D eigenvalue weighted by atomic mass is 9.88. The van der Waals surface area contributed by atoms with Gasteiger partial charge in [-0.3, -0.25) is 9.69 Å². The van der Waals surface area contributed by atoms with Crippen LogP contribution in [-0.4, -0.2) is 62.1 Å². The SMILES string of the molecule is COCCN1CCN(C(=O)C2CCCCC2)CC1. The molecule has 4 nitrogen and oxygen atoms in total. The number of ether oxygens (including phenoxy) is 1. The molecule has 0 aromatic heterocycles. The van der Waals surface area contributed by atoms with Crippen molar-refractivity contribution in [1.29, 1.82) is 0 Å². The quantitative estimate of drug-likeness (QED) is 0.759. The molecule has 1 heterocycles. The summed E-state index contributed by atoms with van der Waals surface area (Å²) in [5, 5.41) is 0. The molecule has 1 aliphatic heterocycles. The lowest BCUT2D eigenvalue weighted by Gasteiger charge is -2.37. The minimum Gasteiger partial charge on any atom is -0.383 e. The predicted molar refractivity (Wildman–Crippen MR) is 71.5 cm³/mol. The van der Waals surface area contributed by atoms with Crippen molar-refractivity contribution in [3.63, 3.8) is 0 Å². The Labute approximate surface area is 110 Å². The zero-order valence-corrected chi connectivity index (χ0v) is 11.6. The fourth-order valence-corrected chi connectivity index (χ4v) is 3.02. The number of hydrogen-bond donors (Lipinski definition) is 0. The van der Waals surface area contributed by atoms with Crippen molar-refractivity contribution >= 4 is 5.91 Å². The van der Waals surface area contributed by atoms with Crippen LogP contribution in [0.25, 0.3) is 0 Å². The maximum Gasteiger partial charge on any atom is 0.225 e. The maximum atomic E-state index is 12.4. The van der Waals surface area contributed by atoms with E-state index in [1.807, 2.05) is 0 Å². The summed E-state index contributed by atoms with van der Waals surface area (Å²) in [5.41, 5.74) is 0. The van der Waals surface area contributed by atoms with Crippen LogP contribution in [-0.2, 0) is 9.53 Å². The van der Waals surface area contributed by atoms with Gasteiger partial charge in [-0.2, -0.15) is 0 Å². The Morgan fingerprint density at radius 1 is 1.11 bits per heavy atom. The van der Waals surface area contributed by atoms with E-state index < -0.39 is 0 Å². The minimum atomic E-state index is 0.323. The fourth-order valence-electron chi connectivity index (χ4n) is 3.02. The molecule has 2 rings (SSSR count). The van der Waals surface area contributed by atoms with Gasteiger partial charge < -0.3 is 9.64 Å². The number of carbonyl (C=O) groups is 1. The predicted octanol–water partition coefficient (Wildman–Crippen LogP) is 1.36. The topological polar surface area (TPSA) is 32.8 Å². The summed E-state index contributed by atoms with van der Waals surface area (Å²) in [5.74, 6) is 0.741. The second-order valence-corrected chi connectivity index (χ2v) is 5.49. The lowest BCUT2D eigenvalue weighted by Crippen LogP contribution is -2.51. The Bertz CT molecular complexity index is 257. The molecule has 0 aromatic carbocycles. The molecule has 1 saturated carbocycles. The second kappa shape index (κ2) is 7.10. The van der Waals surface area contributed by atoms with Crippen molar-refractivity contribution < 1.29 is 9.53 Å². The van der Waals surface area contributed by atoms with Gasteiger partial charge in [0.25, 0.3) is 0 Å². The fraction of sp³-hybridized carbons (Fsp3) is 0.929. The molecule has 0 N–H and O–H groups in total. The number of nitrogens with zero attached hydrogens (tertiary/aromatic N) is 2. The molecule has 0 aromatic rings. The summed E-state index contributed by atoms with van der Waals surface area (Å²) in [6.45, 7) is 5.58. The first-order valence-corrected chi connectivity index (χ1v) is 7.31. The second-order valence-electron chi connectivity index (χ2n) is 5.49. The highest BCUT2D eigenvalue weighted by atomic mass is 16.5. The maximum absolute atomic E-state index is 12.4. The molecule has 0 atom stereocenters. The molecular formula is C14H26N2O2. The molecule has 0 unspecified atom stereocenters. The zero-order valence-electron chi connectivity index (χ0n) is 11.6. The van der Waals surface area contributed by atoms with E-state index in [0.29, 0.717) is 11.8 Å². The van der Waals surface area contributed by atoms with Crippen molar-refractivity contribution in [2.24, 2.45) is 5.92 Å². The first-order chi connectivity index (χ1) is 8.81. The highest BCUT2D eigenvalue weighted by molar-refractivity contribution is 5.79. The first-order valence-electron chi connectivity index (χ1n) is 7.31. The van der Waals surface area contributed by atoms with E-state index in [9.17, 15) is 4.79 Å². The standard InChI is InChI=1S/C14H26N2O2/c1-18-12-11-15-7-9-16(10-8-15)14(17)13-5-3-2-4-6-13/h13H,2-12H2,1H3. The van der Waals surface area contributed by atoms with E-state index >= 15 is 0 Å². The summed E-state index contributed by atoms with van der Waals surface area (Å²) in [6, 6.07) is 0. The molecule has 1 amide bonds. The van der Waals surface area contributed by atoms with E-state index in [2.05, 4.69) is 9.80 Å². The summed E-state index contributed by atoms with van der Waals surface area (Å²) < 4.78 is 5.09. The Morgan fingerprint density at radius 3 is 2.39 bits per heavy atom. The van der Waals surface area contributed by atoms with Gasteiger partial charge in [0, 0.05) is 45.8 Å². The van der Waals surface area contributed by atoms with Crippen LogP contribution in [0.3, 0.4) is 0 Å². The molecule has 2 fully saturated rings. The first kappa shape index (κ1) is 13.8. The highest BCUT2D eigenvalue weighted by Gasteiger charge is 2.28. The van der Waals surface area contributed by atoms with Gasteiger partial charge in [-0.25, -0.2) is 0 Å². The van der Waals surface area contributed by atoms with Crippen molar-refractivity contribution in [3.05, 3.63) is 0 Å². The van der Waals surface area contributed by atoms with Crippen LogP contribution in [0.1, 0.15) is 32.1 Å². The molecule has 0 bridgehead atoms. The van der Waals surface area contributed by atoms with Crippen LogP contribution >= 0.6 is 0 Å². The lowest BCUT2D eigenvalue weighted by molar-refractivity contribution is -0.138. The Morgan fingerprint density at radius 2 is 1.78 bits per heavy atom. The molecule has 1 saturated heterocycles. The van der Waals surface area contributed by atoms with Gasteiger partial charge in [0.1, 0.15) is 0 Å². The Balaban J connectivity index is 1.73. The number of hydrogen-bond acceptors (Lipinski definition) is 3. The molecule has 4 heteroatoms. The molecule has 2 aliphatic rings. The molecule has 0 spiro atoms. The van der Waals surface area contributed by atoms with Crippen LogP contribution < -0.4 is 0 Å². The Kier molecular flexibility index (Phi) is 5.45. The van der Waals surface area contributed by atoms with Crippen LogP contribution in [0.2, 0.25) is 0 Å². The van der Waals surface area contributed by atoms with Gasteiger partial charge in [0.15, 0.2) is 0 Å². The van der Waals surface area contributed by atoms with E-state index in [4.69, 9.17) is 4.74 Å². The number of piperazine rings is 1. The van der Waals surface area contributed by atoms with Crippen LogP contribution in [0.5, 0.6) is 0 Å². The third kappa shape index (κ3) is 3.69. The average molecular weight is 254 g/mol. The number of carbonyl (C=O) groups excluding carboxylic acids is 1. The van der Waals surface area contributed by atoms with Gasteiger partial charge in [0.2, 0.25) is 5.91 Å². The highest BCUT2D eigenvalue weighted by Crippen LogP contribution is 2.25. The summed E-state index contributed by atoms with van der Waals surface area (Å²) >= 11 is 0. The van der Waals surface area contributed by atoms with Crippen LogP contribution in [0.15, 0.2) is 0 Å². The Hall–Kier alpha value is -0.610. The van der Waals surface area contributed by atoms with Gasteiger partial charge >= 0.3 is 0 Å². The minimum absolute atomic E-state index is 0.323. The number of methoxy groups -OCH3 is 1. The molecule has 1 aliphatic carbocycles. The van der Waals surface area contributed by atoms with Crippen molar-refractivity contribution in [3.8, 4) is 0 Å². The van der Waals surface area contributed by atoms with Gasteiger partial charge in [-0.05, 0) is 12.8 Å². The largest absolute Gasteiger partial charge is 0.383 e. The van der Waals surface area contributed by atoms with Crippen molar-refractivity contribution in [2.75, 3.05) is 46.4 Å². The summed E-state index contributed by atoms with van der Waals surface area (Å²) in [6.07, 6.45) is 6.02. The number of rotatable bonds is 4.